The van der Waals surface area contributed by atoms with Gasteiger partial charge in [0.25, 0.3) is 0 Å². The largest absolute Gasteiger partial charge is 0.322 e. The Balaban J connectivity index is 0.00000121. The zero-order chi connectivity index (χ0) is 8.27. The molecule has 0 aliphatic heterocycles. The summed E-state index contributed by atoms with van der Waals surface area (Å²) in [5.74, 6) is -0.334. The van der Waals surface area contributed by atoms with Crippen LogP contribution in [-0.4, -0.2) is 6.67 Å². The fourth-order valence-electron chi connectivity index (χ4n) is 0.799. The lowest BCUT2D eigenvalue weighted by Crippen LogP contribution is -2.11. The monoisotopic (exact) mass is 193 g/mol. The van der Waals surface area contributed by atoms with Crippen LogP contribution in [0.4, 0.5) is 8.78 Å². The average molecular weight is 194 g/mol. The van der Waals surface area contributed by atoms with Crippen LogP contribution in [0.1, 0.15) is 11.6 Å². The standard InChI is InChI=1S/C8H9F2N.ClH/c9-5-8(11)6-1-3-7(10)4-2-6;/h1-4,8H,5,11H2;1H/t8-;/m0./s1. The third kappa shape index (κ3) is 2.75. The quantitative estimate of drug-likeness (QED) is 0.766. The Labute approximate surface area is 76.0 Å². The lowest BCUT2D eigenvalue weighted by Gasteiger charge is -2.05. The van der Waals surface area contributed by atoms with E-state index in [2.05, 4.69) is 0 Å². The Hall–Kier alpha value is -0.670. The van der Waals surface area contributed by atoms with Gasteiger partial charge in [-0.05, 0) is 17.7 Å². The van der Waals surface area contributed by atoms with Crippen LogP contribution in [0, 0.1) is 5.82 Å². The lowest BCUT2D eigenvalue weighted by atomic mass is 10.1. The first-order valence-corrected chi connectivity index (χ1v) is 3.31. The summed E-state index contributed by atoms with van der Waals surface area (Å²) in [5.41, 5.74) is 5.97. The minimum atomic E-state index is -0.629. The van der Waals surface area contributed by atoms with E-state index in [1.807, 2.05) is 0 Å². The van der Waals surface area contributed by atoms with Crippen LogP contribution in [0.15, 0.2) is 24.3 Å². The first kappa shape index (κ1) is 11.3. The summed E-state index contributed by atoms with van der Waals surface area (Å²) in [6.45, 7) is -0.619. The van der Waals surface area contributed by atoms with Crippen molar-refractivity contribution in [3.05, 3.63) is 35.6 Å². The number of halogens is 3. The van der Waals surface area contributed by atoms with Gasteiger partial charge < -0.3 is 5.73 Å². The molecule has 68 valence electrons. The van der Waals surface area contributed by atoms with Crippen molar-refractivity contribution in [1.29, 1.82) is 0 Å². The average Bonchev–Trinajstić information content (AvgIpc) is 2.05. The molecule has 0 amide bonds. The summed E-state index contributed by atoms with van der Waals surface area (Å²) in [5, 5.41) is 0. The van der Waals surface area contributed by atoms with Gasteiger partial charge in [-0.2, -0.15) is 0 Å². The van der Waals surface area contributed by atoms with Gasteiger partial charge in [-0.15, -0.1) is 12.4 Å². The van der Waals surface area contributed by atoms with E-state index in [-0.39, 0.29) is 18.2 Å². The molecule has 4 heteroatoms. The highest BCUT2D eigenvalue weighted by atomic mass is 35.5. The Morgan fingerprint density at radius 3 is 2.17 bits per heavy atom. The van der Waals surface area contributed by atoms with Crippen LogP contribution in [0.2, 0.25) is 0 Å². The van der Waals surface area contributed by atoms with Crippen molar-refractivity contribution in [3.8, 4) is 0 Å². The topological polar surface area (TPSA) is 26.0 Å². The van der Waals surface area contributed by atoms with E-state index in [1.54, 1.807) is 0 Å². The van der Waals surface area contributed by atoms with E-state index in [4.69, 9.17) is 5.73 Å². The molecule has 0 heterocycles. The Kier molecular flexibility index (Phi) is 4.78. The normalized spacial score (nSPS) is 11.9. The third-order valence-electron chi connectivity index (χ3n) is 1.46. The lowest BCUT2D eigenvalue weighted by molar-refractivity contribution is 0.437. The Bertz CT molecular complexity index is 225. The molecule has 0 unspecified atom stereocenters. The molecule has 1 aromatic carbocycles. The maximum Gasteiger partial charge on any atom is 0.123 e. The predicted octanol–water partition coefficient (Wildman–Crippen LogP) is 2.22. The van der Waals surface area contributed by atoms with Gasteiger partial charge in [-0.25, -0.2) is 8.78 Å². The maximum absolute atomic E-state index is 12.3. The van der Waals surface area contributed by atoms with Crippen molar-refractivity contribution < 1.29 is 8.78 Å². The second-order valence-electron chi connectivity index (χ2n) is 2.31. The van der Waals surface area contributed by atoms with E-state index in [0.29, 0.717) is 5.56 Å². The molecule has 0 aliphatic rings. The minimum Gasteiger partial charge on any atom is -0.322 e. The fraction of sp³-hybridized carbons (Fsp3) is 0.250. The third-order valence-corrected chi connectivity index (χ3v) is 1.46. The van der Waals surface area contributed by atoms with Gasteiger partial charge in [-0.3, -0.25) is 0 Å². The summed E-state index contributed by atoms with van der Waals surface area (Å²) in [6.07, 6.45) is 0. The maximum atomic E-state index is 12.3. The highest BCUT2D eigenvalue weighted by Gasteiger charge is 2.03. The minimum absolute atomic E-state index is 0. The van der Waals surface area contributed by atoms with Crippen LogP contribution in [0.5, 0.6) is 0 Å². The molecule has 0 bridgehead atoms. The van der Waals surface area contributed by atoms with Crippen molar-refractivity contribution in [1.82, 2.24) is 0 Å². The summed E-state index contributed by atoms with van der Waals surface area (Å²) < 4.78 is 24.3. The van der Waals surface area contributed by atoms with Crippen molar-refractivity contribution in [3.63, 3.8) is 0 Å². The zero-order valence-electron chi connectivity index (χ0n) is 6.34. The van der Waals surface area contributed by atoms with Gasteiger partial charge in [0.2, 0.25) is 0 Å². The number of nitrogens with two attached hydrogens (primary N) is 1. The van der Waals surface area contributed by atoms with Crippen molar-refractivity contribution in [2.24, 2.45) is 5.73 Å². The number of benzene rings is 1. The first-order chi connectivity index (χ1) is 5.24. The summed E-state index contributed by atoms with van der Waals surface area (Å²) in [6, 6.07) is 4.88. The molecule has 1 rings (SSSR count). The molecule has 0 saturated carbocycles. The summed E-state index contributed by atoms with van der Waals surface area (Å²) in [7, 11) is 0. The molecular formula is C8H10ClF2N. The molecule has 0 aromatic heterocycles. The molecule has 0 radical (unpaired) electrons. The molecule has 12 heavy (non-hydrogen) atoms. The Morgan fingerprint density at radius 2 is 1.75 bits per heavy atom. The zero-order valence-corrected chi connectivity index (χ0v) is 7.15. The van der Waals surface area contributed by atoms with E-state index < -0.39 is 12.7 Å². The van der Waals surface area contributed by atoms with Gasteiger partial charge >= 0.3 is 0 Å². The SMILES string of the molecule is Cl.N[C@@H](CF)c1ccc(F)cc1. The molecular weight excluding hydrogens is 184 g/mol. The highest BCUT2D eigenvalue weighted by molar-refractivity contribution is 5.85. The number of rotatable bonds is 2. The second kappa shape index (κ2) is 5.06. The number of alkyl halides is 1. The smallest absolute Gasteiger partial charge is 0.123 e. The van der Waals surface area contributed by atoms with Crippen molar-refractivity contribution >= 4 is 12.4 Å². The first-order valence-electron chi connectivity index (χ1n) is 3.31. The van der Waals surface area contributed by atoms with Gasteiger partial charge in [0.15, 0.2) is 0 Å². The summed E-state index contributed by atoms with van der Waals surface area (Å²) in [4.78, 5) is 0. The molecule has 1 nitrogen and oxygen atoms in total. The highest BCUT2D eigenvalue weighted by Crippen LogP contribution is 2.10. The van der Waals surface area contributed by atoms with Crippen LogP contribution in [-0.2, 0) is 0 Å². The molecule has 0 spiro atoms. The molecule has 2 N–H and O–H groups in total. The van der Waals surface area contributed by atoms with Gasteiger partial charge in [0.05, 0.1) is 6.04 Å². The van der Waals surface area contributed by atoms with Gasteiger partial charge in [0.1, 0.15) is 12.5 Å². The molecule has 0 aliphatic carbocycles. The summed E-state index contributed by atoms with van der Waals surface area (Å²) >= 11 is 0. The number of hydrogen-bond donors (Lipinski definition) is 1. The van der Waals surface area contributed by atoms with Crippen LogP contribution in [0.25, 0.3) is 0 Å². The van der Waals surface area contributed by atoms with Gasteiger partial charge in [0, 0.05) is 0 Å². The van der Waals surface area contributed by atoms with Gasteiger partial charge in [-0.1, -0.05) is 12.1 Å². The van der Waals surface area contributed by atoms with E-state index >= 15 is 0 Å². The van der Waals surface area contributed by atoms with E-state index in [1.165, 1.54) is 24.3 Å². The predicted molar refractivity (Wildman–Crippen MR) is 46.6 cm³/mol. The van der Waals surface area contributed by atoms with Crippen molar-refractivity contribution in [2.45, 2.75) is 6.04 Å². The van der Waals surface area contributed by atoms with Crippen LogP contribution in [0.3, 0.4) is 0 Å². The van der Waals surface area contributed by atoms with Crippen molar-refractivity contribution in [2.75, 3.05) is 6.67 Å². The van der Waals surface area contributed by atoms with E-state index in [0.717, 1.165) is 0 Å². The molecule has 1 atom stereocenters. The fourth-order valence-corrected chi connectivity index (χ4v) is 0.799. The number of hydrogen-bond acceptors (Lipinski definition) is 1. The van der Waals surface area contributed by atoms with Crippen LogP contribution < -0.4 is 5.73 Å². The van der Waals surface area contributed by atoms with E-state index in [9.17, 15) is 8.78 Å². The molecule has 0 fully saturated rings. The molecule has 0 saturated heterocycles. The Morgan fingerprint density at radius 1 is 1.25 bits per heavy atom. The van der Waals surface area contributed by atoms with Crippen LogP contribution >= 0.6 is 12.4 Å². The molecule has 1 aromatic rings. The second-order valence-corrected chi connectivity index (χ2v) is 2.31.